The number of amides is 2. The zero-order valence-corrected chi connectivity index (χ0v) is 21.8. The molecule has 0 aliphatic carbocycles. The number of aryl methyl sites for hydroxylation is 1. The minimum Gasteiger partial charge on any atom is -0.493 e. The lowest BCUT2D eigenvalue weighted by Crippen LogP contribution is -2.13. The summed E-state index contributed by atoms with van der Waals surface area (Å²) in [5.74, 6) is 0.963. The van der Waals surface area contributed by atoms with Gasteiger partial charge in [0, 0.05) is 16.8 Å². The van der Waals surface area contributed by atoms with E-state index in [0.29, 0.717) is 43.0 Å². The van der Waals surface area contributed by atoms with E-state index in [4.69, 9.17) is 25.8 Å². The predicted octanol–water partition coefficient (Wildman–Crippen LogP) is 4.91. The van der Waals surface area contributed by atoms with Crippen molar-refractivity contribution in [3.63, 3.8) is 0 Å². The van der Waals surface area contributed by atoms with Gasteiger partial charge in [-0.05, 0) is 48.4 Å². The molecule has 0 saturated heterocycles. The van der Waals surface area contributed by atoms with Crippen LogP contribution in [-0.4, -0.2) is 49.1 Å². The Morgan fingerprint density at radius 1 is 1.06 bits per heavy atom. The van der Waals surface area contributed by atoms with Crippen LogP contribution in [0.15, 0.2) is 40.7 Å². The molecule has 0 aliphatic rings. The molecule has 0 atom stereocenters. The molecule has 0 radical (unpaired) electrons. The second-order valence-corrected chi connectivity index (χ2v) is 9.56. The van der Waals surface area contributed by atoms with E-state index in [9.17, 15) is 9.59 Å². The van der Waals surface area contributed by atoms with Crippen molar-refractivity contribution in [3.8, 4) is 17.2 Å². The van der Waals surface area contributed by atoms with Crippen molar-refractivity contribution in [2.24, 2.45) is 0 Å². The molecular weight excluding hydrogens is 512 g/mol. The summed E-state index contributed by atoms with van der Waals surface area (Å²) < 4.78 is 16.5. The molecule has 9 nitrogen and oxygen atoms in total. The Hall–Kier alpha value is -3.28. The second kappa shape index (κ2) is 12.4. The number of anilines is 2. The molecule has 184 valence electrons. The van der Waals surface area contributed by atoms with Gasteiger partial charge in [-0.15, -0.1) is 10.2 Å². The number of methoxy groups -OCH3 is 3. The molecule has 3 rings (SSSR count). The normalized spacial score (nSPS) is 10.8. The van der Waals surface area contributed by atoms with Crippen molar-refractivity contribution < 1.29 is 23.8 Å². The van der Waals surface area contributed by atoms with Crippen LogP contribution in [0, 0.1) is 6.92 Å². The summed E-state index contributed by atoms with van der Waals surface area (Å²) in [6.45, 7) is 1.89. The number of thioether (sulfide) groups is 1. The van der Waals surface area contributed by atoms with Gasteiger partial charge in [0.15, 0.2) is 15.8 Å². The van der Waals surface area contributed by atoms with Gasteiger partial charge >= 0.3 is 0 Å². The molecule has 1 heterocycles. The Morgan fingerprint density at radius 3 is 2.40 bits per heavy atom. The van der Waals surface area contributed by atoms with Crippen LogP contribution in [0.3, 0.4) is 0 Å². The zero-order valence-electron chi connectivity index (χ0n) is 19.4. The van der Waals surface area contributed by atoms with Crippen molar-refractivity contribution in [3.05, 3.63) is 52.6 Å². The van der Waals surface area contributed by atoms with Crippen LogP contribution in [0.25, 0.3) is 6.08 Å². The molecule has 12 heteroatoms. The van der Waals surface area contributed by atoms with Gasteiger partial charge in [-0.25, -0.2) is 0 Å². The standard InChI is InChI=1S/C23H23ClN4O5S2/c1-13-5-7-15(11-16(13)24)25-20(30)12-34-23-28-27-22(35-23)26-19(29)8-6-14-9-17(31-2)21(33-4)18(10-14)32-3/h5-11H,12H2,1-4H3,(H,25,30)(H,26,27,29)/b8-6+. The molecule has 0 fully saturated rings. The van der Waals surface area contributed by atoms with Gasteiger partial charge in [0.2, 0.25) is 22.7 Å². The van der Waals surface area contributed by atoms with Crippen LogP contribution in [0.2, 0.25) is 5.02 Å². The minimum absolute atomic E-state index is 0.134. The maximum Gasteiger partial charge on any atom is 0.250 e. The summed E-state index contributed by atoms with van der Waals surface area (Å²) in [5, 5.41) is 14.3. The molecule has 0 unspecified atom stereocenters. The largest absolute Gasteiger partial charge is 0.493 e. The fourth-order valence-electron chi connectivity index (χ4n) is 2.83. The number of aromatic nitrogens is 2. The smallest absolute Gasteiger partial charge is 0.250 e. The molecule has 0 aliphatic heterocycles. The molecule has 1 aromatic heterocycles. The number of nitrogens with one attached hydrogen (secondary N) is 2. The highest BCUT2D eigenvalue weighted by atomic mass is 35.5. The molecule has 2 N–H and O–H groups in total. The van der Waals surface area contributed by atoms with Gasteiger partial charge in [0.1, 0.15) is 0 Å². The predicted molar refractivity (Wildman–Crippen MR) is 139 cm³/mol. The third-order valence-corrected chi connectivity index (χ3v) is 6.91. The molecule has 3 aromatic rings. The lowest BCUT2D eigenvalue weighted by atomic mass is 10.1. The van der Waals surface area contributed by atoms with Crippen molar-refractivity contribution in [2.75, 3.05) is 37.7 Å². The average molecular weight is 535 g/mol. The van der Waals surface area contributed by atoms with Crippen LogP contribution in [-0.2, 0) is 9.59 Å². The fourth-order valence-corrected chi connectivity index (χ4v) is 4.57. The van der Waals surface area contributed by atoms with E-state index in [1.54, 1.807) is 30.3 Å². The minimum atomic E-state index is -0.388. The first-order valence-electron chi connectivity index (χ1n) is 10.1. The van der Waals surface area contributed by atoms with Crippen LogP contribution in [0.5, 0.6) is 17.2 Å². The third kappa shape index (κ3) is 7.35. The van der Waals surface area contributed by atoms with E-state index < -0.39 is 0 Å². The first-order chi connectivity index (χ1) is 16.8. The van der Waals surface area contributed by atoms with Crippen molar-refractivity contribution >= 4 is 63.4 Å². The maximum absolute atomic E-state index is 12.3. The molecule has 0 saturated carbocycles. The maximum atomic E-state index is 12.3. The molecule has 0 bridgehead atoms. The number of carbonyl (C=O) groups is 2. The number of ether oxygens (including phenoxy) is 3. The van der Waals surface area contributed by atoms with E-state index >= 15 is 0 Å². The lowest BCUT2D eigenvalue weighted by molar-refractivity contribution is -0.114. The number of hydrogen-bond donors (Lipinski definition) is 2. The lowest BCUT2D eigenvalue weighted by Gasteiger charge is -2.12. The SMILES string of the molecule is COc1cc(/C=C/C(=O)Nc2nnc(SCC(=O)Nc3ccc(C)c(Cl)c3)s2)cc(OC)c1OC. The summed E-state index contributed by atoms with van der Waals surface area (Å²) in [6, 6.07) is 8.76. The zero-order chi connectivity index (χ0) is 25.4. The highest BCUT2D eigenvalue weighted by Crippen LogP contribution is 2.38. The van der Waals surface area contributed by atoms with E-state index in [0.717, 1.165) is 5.56 Å². The number of rotatable bonds is 10. The van der Waals surface area contributed by atoms with Crippen molar-refractivity contribution in [1.82, 2.24) is 10.2 Å². The number of carbonyl (C=O) groups excluding carboxylic acids is 2. The second-order valence-electron chi connectivity index (χ2n) is 6.96. The number of nitrogens with zero attached hydrogens (tertiary/aromatic N) is 2. The molecule has 2 aromatic carbocycles. The Morgan fingerprint density at radius 2 is 1.77 bits per heavy atom. The topological polar surface area (TPSA) is 112 Å². The summed E-state index contributed by atoms with van der Waals surface area (Å²) in [4.78, 5) is 24.5. The van der Waals surface area contributed by atoms with Gasteiger partial charge in [-0.3, -0.25) is 14.9 Å². The Kier molecular flexibility index (Phi) is 9.35. The Balaban J connectivity index is 1.54. The summed E-state index contributed by atoms with van der Waals surface area (Å²) in [5.41, 5.74) is 2.24. The first-order valence-corrected chi connectivity index (χ1v) is 12.3. The van der Waals surface area contributed by atoms with Gasteiger partial charge < -0.3 is 19.5 Å². The van der Waals surface area contributed by atoms with E-state index in [-0.39, 0.29) is 17.6 Å². The van der Waals surface area contributed by atoms with Gasteiger partial charge in [0.05, 0.1) is 27.1 Å². The van der Waals surface area contributed by atoms with Gasteiger partial charge in [0.25, 0.3) is 0 Å². The molecule has 35 heavy (non-hydrogen) atoms. The van der Waals surface area contributed by atoms with Crippen LogP contribution < -0.4 is 24.8 Å². The first kappa shape index (κ1) is 26.3. The summed E-state index contributed by atoms with van der Waals surface area (Å²) in [7, 11) is 4.55. The molecular formula is C23H23ClN4O5S2. The van der Waals surface area contributed by atoms with Crippen molar-refractivity contribution in [1.29, 1.82) is 0 Å². The Labute approximate surface area is 215 Å². The number of halogens is 1. The van der Waals surface area contributed by atoms with E-state index in [1.807, 2.05) is 13.0 Å². The van der Waals surface area contributed by atoms with E-state index in [2.05, 4.69) is 20.8 Å². The quantitative estimate of drug-likeness (QED) is 0.214. The van der Waals surface area contributed by atoms with Gasteiger partial charge in [-0.1, -0.05) is 40.8 Å². The third-order valence-electron chi connectivity index (χ3n) is 4.53. The summed E-state index contributed by atoms with van der Waals surface area (Å²) in [6.07, 6.45) is 2.97. The van der Waals surface area contributed by atoms with Crippen molar-refractivity contribution in [2.45, 2.75) is 11.3 Å². The van der Waals surface area contributed by atoms with Gasteiger partial charge in [-0.2, -0.15) is 0 Å². The van der Waals surface area contributed by atoms with Crippen LogP contribution >= 0.6 is 34.7 Å². The highest BCUT2D eigenvalue weighted by Gasteiger charge is 2.13. The molecule has 0 spiro atoms. The number of benzene rings is 2. The van der Waals surface area contributed by atoms with Crippen LogP contribution in [0.1, 0.15) is 11.1 Å². The average Bonchev–Trinajstić information content (AvgIpc) is 3.30. The van der Waals surface area contributed by atoms with Crippen LogP contribution in [0.4, 0.5) is 10.8 Å². The summed E-state index contributed by atoms with van der Waals surface area (Å²) >= 11 is 8.47. The monoisotopic (exact) mass is 534 g/mol. The van der Waals surface area contributed by atoms with E-state index in [1.165, 1.54) is 50.5 Å². The number of hydrogen-bond acceptors (Lipinski definition) is 9. The molecule has 2 amide bonds. The Bertz CT molecular complexity index is 1220. The highest BCUT2D eigenvalue weighted by molar-refractivity contribution is 8.01. The fraction of sp³-hybridized carbons (Fsp3) is 0.217.